The van der Waals surface area contributed by atoms with E-state index in [1.165, 1.54) is 28.7 Å². The molecule has 0 radical (unpaired) electrons. The normalized spacial score (nSPS) is 36.1. The number of benzene rings is 2. The molecule has 0 aromatic heterocycles. The Bertz CT molecular complexity index is 884. The predicted molar refractivity (Wildman–Crippen MR) is 109 cm³/mol. The molecule has 2 saturated carbocycles. The van der Waals surface area contributed by atoms with E-state index < -0.39 is 0 Å². The molecule has 2 N–H and O–H groups in total. The summed E-state index contributed by atoms with van der Waals surface area (Å²) in [5.41, 5.74) is 5.18. The lowest BCUT2D eigenvalue weighted by Crippen LogP contribution is -2.44. The van der Waals surface area contributed by atoms with Crippen LogP contribution in [0.25, 0.3) is 6.08 Å². The van der Waals surface area contributed by atoms with Gasteiger partial charge in [-0.15, -0.1) is 0 Å². The Balaban J connectivity index is 1.49. The molecule has 0 saturated heterocycles. The van der Waals surface area contributed by atoms with Gasteiger partial charge in [-0.25, -0.2) is 0 Å². The van der Waals surface area contributed by atoms with Crippen molar-refractivity contribution in [1.29, 1.82) is 0 Å². The van der Waals surface area contributed by atoms with E-state index in [2.05, 4.69) is 43.3 Å². The van der Waals surface area contributed by atoms with Crippen LogP contribution < -0.4 is 0 Å². The molecule has 0 aliphatic heterocycles. The Kier molecular flexibility index (Phi) is 3.94. The first-order chi connectivity index (χ1) is 13.1. The first-order valence-corrected chi connectivity index (χ1v) is 10.3. The van der Waals surface area contributed by atoms with Crippen molar-refractivity contribution in [3.05, 3.63) is 70.8 Å². The molecule has 0 heterocycles. The van der Waals surface area contributed by atoms with Crippen molar-refractivity contribution in [1.82, 2.24) is 0 Å². The summed E-state index contributed by atoms with van der Waals surface area (Å²) < 4.78 is 0. The standard InChI is InChI=1S/C25H28O2/c1-25-12-11-21-20-10-8-19(26)14-17(20)7-9-22(21)23(25)15-18(24(25)27)13-16-5-3-2-4-6-16/h2-6,8,10,13-14,21-24,26-27H,7,9,11-12,15H2,1H3/b18-13+/t21-,22-,23+,24+,25+/m1/s1. The summed E-state index contributed by atoms with van der Waals surface area (Å²) in [5.74, 6) is 2.15. The molecule has 3 aliphatic carbocycles. The predicted octanol–water partition coefficient (Wildman–Crippen LogP) is 5.30. The van der Waals surface area contributed by atoms with Crippen LogP contribution >= 0.6 is 0 Å². The van der Waals surface area contributed by atoms with Crippen LogP contribution in [0.4, 0.5) is 0 Å². The van der Waals surface area contributed by atoms with Gasteiger partial charge in [-0.1, -0.05) is 49.4 Å². The van der Waals surface area contributed by atoms with Crippen LogP contribution in [0.5, 0.6) is 5.75 Å². The molecule has 2 aromatic rings. The highest BCUT2D eigenvalue weighted by atomic mass is 16.3. The van der Waals surface area contributed by atoms with E-state index in [1.807, 2.05) is 18.2 Å². The maximum Gasteiger partial charge on any atom is 0.115 e. The Hall–Kier alpha value is -2.06. The number of fused-ring (bicyclic) bond motifs is 5. The van der Waals surface area contributed by atoms with Gasteiger partial charge in [0.05, 0.1) is 6.10 Å². The number of hydrogen-bond acceptors (Lipinski definition) is 2. The molecule has 5 atom stereocenters. The summed E-state index contributed by atoms with van der Waals surface area (Å²) >= 11 is 0. The van der Waals surface area contributed by atoms with E-state index in [1.54, 1.807) is 0 Å². The molecule has 2 fully saturated rings. The molecule has 27 heavy (non-hydrogen) atoms. The third-order valence-electron chi connectivity index (χ3n) is 7.73. The van der Waals surface area contributed by atoms with Crippen LogP contribution in [0.3, 0.4) is 0 Å². The van der Waals surface area contributed by atoms with Gasteiger partial charge in [0.1, 0.15) is 5.75 Å². The van der Waals surface area contributed by atoms with Gasteiger partial charge in [0.2, 0.25) is 0 Å². The van der Waals surface area contributed by atoms with Gasteiger partial charge in [0.25, 0.3) is 0 Å². The fourth-order valence-electron chi connectivity index (χ4n) is 6.33. The summed E-state index contributed by atoms with van der Waals surface area (Å²) in [6.45, 7) is 2.32. The van der Waals surface area contributed by atoms with Crippen molar-refractivity contribution in [2.75, 3.05) is 0 Å². The van der Waals surface area contributed by atoms with Crippen LogP contribution in [0.1, 0.15) is 55.2 Å². The molecule has 0 bridgehead atoms. The molecule has 2 nitrogen and oxygen atoms in total. The SMILES string of the molecule is C[C@]12CC[C@@H]3c4ccc(O)cc4CC[C@H]3[C@@H]1C/C(=C\c1ccccc1)[C@@H]2O. The van der Waals surface area contributed by atoms with Crippen LogP contribution in [-0.2, 0) is 6.42 Å². The van der Waals surface area contributed by atoms with Gasteiger partial charge in [0.15, 0.2) is 0 Å². The first-order valence-electron chi connectivity index (χ1n) is 10.3. The number of aryl methyl sites for hydroxylation is 1. The van der Waals surface area contributed by atoms with Gasteiger partial charge >= 0.3 is 0 Å². The number of aliphatic hydroxyl groups is 1. The van der Waals surface area contributed by atoms with E-state index in [0.29, 0.717) is 23.5 Å². The molecule has 0 unspecified atom stereocenters. The third-order valence-corrected chi connectivity index (χ3v) is 7.73. The fourth-order valence-corrected chi connectivity index (χ4v) is 6.33. The van der Waals surface area contributed by atoms with Crippen molar-refractivity contribution in [3.63, 3.8) is 0 Å². The number of phenolic OH excluding ortho intramolecular Hbond substituents is 1. The van der Waals surface area contributed by atoms with Crippen molar-refractivity contribution < 1.29 is 10.2 Å². The first kappa shape index (κ1) is 17.1. The molecule has 140 valence electrons. The van der Waals surface area contributed by atoms with Crippen LogP contribution in [0.15, 0.2) is 54.1 Å². The molecular weight excluding hydrogens is 332 g/mol. The van der Waals surface area contributed by atoms with E-state index in [0.717, 1.165) is 25.7 Å². The summed E-state index contributed by atoms with van der Waals surface area (Å²) in [6, 6.07) is 16.4. The van der Waals surface area contributed by atoms with Gasteiger partial charge < -0.3 is 10.2 Å². The van der Waals surface area contributed by atoms with Crippen molar-refractivity contribution in [2.24, 2.45) is 17.3 Å². The Morgan fingerprint density at radius 2 is 1.89 bits per heavy atom. The van der Waals surface area contributed by atoms with Crippen molar-refractivity contribution in [3.8, 4) is 5.75 Å². The van der Waals surface area contributed by atoms with Gasteiger partial charge in [-0.05, 0) is 84.3 Å². The Labute approximate surface area is 161 Å². The minimum Gasteiger partial charge on any atom is -0.508 e. The molecule has 2 aromatic carbocycles. The molecule has 0 spiro atoms. The minimum atomic E-state index is -0.329. The van der Waals surface area contributed by atoms with E-state index in [9.17, 15) is 10.2 Å². The van der Waals surface area contributed by atoms with Gasteiger partial charge in [-0.3, -0.25) is 0 Å². The second-order valence-corrected chi connectivity index (χ2v) is 9.08. The van der Waals surface area contributed by atoms with Crippen LogP contribution in [-0.4, -0.2) is 16.3 Å². The third kappa shape index (κ3) is 2.65. The number of rotatable bonds is 1. The van der Waals surface area contributed by atoms with Crippen LogP contribution in [0.2, 0.25) is 0 Å². The van der Waals surface area contributed by atoms with Gasteiger partial charge in [-0.2, -0.15) is 0 Å². The lowest BCUT2D eigenvalue weighted by Gasteiger charge is -2.49. The molecule has 0 amide bonds. The Morgan fingerprint density at radius 3 is 2.70 bits per heavy atom. The molecule has 3 aliphatic rings. The zero-order valence-corrected chi connectivity index (χ0v) is 15.9. The second kappa shape index (κ2) is 6.24. The van der Waals surface area contributed by atoms with E-state index in [4.69, 9.17) is 0 Å². The number of aromatic hydroxyl groups is 1. The molecular formula is C25H28O2. The van der Waals surface area contributed by atoms with Crippen molar-refractivity contribution >= 4 is 6.08 Å². The average Bonchev–Trinajstić information content (AvgIpc) is 2.93. The minimum absolute atomic E-state index is 0.00377. The largest absolute Gasteiger partial charge is 0.508 e. The zero-order chi connectivity index (χ0) is 18.6. The fraction of sp³-hybridized carbons (Fsp3) is 0.440. The number of phenols is 1. The highest BCUT2D eigenvalue weighted by Crippen LogP contribution is 2.62. The maximum absolute atomic E-state index is 11.2. The summed E-state index contributed by atoms with van der Waals surface area (Å²) in [7, 11) is 0. The highest BCUT2D eigenvalue weighted by molar-refractivity contribution is 5.55. The average molecular weight is 360 g/mol. The van der Waals surface area contributed by atoms with Crippen molar-refractivity contribution in [2.45, 2.75) is 51.0 Å². The maximum atomic E-state index is 11.2. The number of aliphatic hydroxyl groups excluding tert-OH is 1. The van der Waals surface area contributed by atoms with E-state index >= 15 is 0 Å². The highest BCUT2D eigenvalue weighted by Gasteiger charge is 2.56. The summed E-state index contributed by atoms with van der Waals surface area (Å²) in [5, 5.41) is 21.1. The molecule has 5 rings (SSSR count). The lowest BCUT2D eigenvalue weighted by atomic mass is 9.55. The van der Waals surface area contributed by atoms with Crippen LogP contribution in [0, 0.1) is 17.3 Å². The smallest absolute Gasteiger partial charge is 0.115 e. The number of hydrogen-bond donors (Lipinski definition) is 2. The van der Waals surface area contributed by atoms with Gasteiger partial charge in [0, 0.05) is 5.41 Å². The Morgan fingerprint density at radius 1 is 1.07 bits per heavy atom. The monoisotopic (exact) mass is 360 g/mol. The second-order valence-electron chi connectivity index (χ2n) is 9.08. The quantitative estimate of drug-likeness (QED) is 0.724. The summed E-state index contributed by atoms with van der Waals surface area (Å²) in [4.78, 5) is 0. The topological polar surface area (TPSA) is 40.5 Å². The zero-order valence-electron chi connectivity index (χ0n) is 15.9. The lowest BCUT2D eigenvalue weighted by molar-refractivity contribution is -0.0158. The molecule has 2 heteroatoms. The van der Waals surface area contributed by atoms with E-state index in [-0.39, 0.29) is 11.5 Å². The summed E-state index contributed by atoms with van der Waals surface area (Å²) in [6.07, 6.45) is 7.35.